The van der Waals surface area contributed by atoms with Gasteiger partial charge < -0.3 is 19.8 Å². The average molecular weight is 900 g/mol. The number of nitrogens with one attached hydrogen (secondary N) is 1. The van der Waals surface area contributed by atoms with Crippen molar-refractivity contribution in [2.24, 2.45) is 0 Å². The van der Waals surface area contributed by atoms with Crippen molar-refractivity contribution in [3.8, 4) is 0 Å². The minimum absolute atomic E-state index is 0.0761. The summed E-state index contributed by atoms with van der Waals surface area (Å²) in [5.74, 6) is -0.144. The van der Waals surface area contributed by atoms with Crippen molar-refractivity contribution in [1.82, 2.24) is 5.32 Å². The van der Waals surface area contributed by atoms with E-state index in [2.05, 4.69) is 31.3 Å². The van der Waals surface area contributed by atoms with Gasteiger partial charge in [-0.1, -0.05) is 238 Å². The van der Waals surface area contributed by atoms with Gasteiger partial charge in [-0.15, -0.1) is 0 Å². The average Bonchev–Trinajstić information content (AvgIpc) is 3.23. The largest absolute Gasteiger partial charge is 0.472 e. The first-order chi connectivity index (χ1) is 30.0. The van der Waals surface area contributed by atoms with Crippen LogP contribution in [0.15, 0.2) is 12.2 Å². The van der Waals surface area contributed by atoms with Gasteiger partial charge >= 0.3 is 7.82 Å². The highest BCUT2D eigenvalue weighted by Crippen LogP contribution is 2.43. The van der Waals surface area contributed by atoms with E-state index >= 15 is 0 Å². The molecule has 0 rings (SSSR count). The van der Waals surface area contributed by atoms with Crippen molar-refractivity contribution in [3.05, 3.63) is 12.2 Å². The summed E-state index contributed by atoms with van der Waals surface area (Å²) in [7, 11) is 1.62. The van der Waals surface area contributed by atoms with Crippen molar-refractivity contribution in [1.29, 1.82) is 0 Å². The third-order valence-corrected chi connectivity index (χ3v) is 13.5. The quantitative estimate of drug-likeness (QED) is 0.0243. The number of amides is 1. The molecule has 3 N–H and O–H groups in total. The zero-order chi connectivity index (χ0) is 45.7. The van der Waals surface area contributed by atoms with Crippen LogP contribution in [0.1, 0.15) is 271 Å². The highest BCUT2D eigenvalue weighted by Gasteiger charge is 2.28. The Morgan fingerprint density at radius 2 is 0.871 bits per heavy atom. The number of carbonyl (C=O) groups is 1. The molecule has 0 aromatic rings. The molecule has 0 saturated carbocycles. The molecule has 62 heavy (non-hydrogen) atoms. The topological polar surface area (TPSA) is 105 Å². The third kappa shape index (κ3) is 47.2. The van der Waals surface area contributed by atoms with Gasteiger partial charge in [0.1, 0.15) is 13.2 Å². The van der Waals surface area contributed by atoms with Crippen molar-refractivity contribution in [3.63, 3.8) is 0 Å². The smallest absolute Gasteiger partial charge is 0.391 e. The van der Waals surface area contributed by atoms with Gasteiger partial charge in [0.2, 0.25) is 5.91 Å². The third-order valence-electron chi connectivity index (χ3n) is 12.5. The fourth-order valence-electron chi connectivity index (χ4n) is 8.22. The molecule has 370 valence electrons. The maximum absolute atomic E-state index is 13.0. The Hall–Kier alpha value is -0.760. The monoisotopic (exact) mass is 900 g/mol. The van der Waals surface area contributed by atoms with Gasteiger partial charge in [0, 0.05) is 6.42 Å². The summed E-state index contributed by atoms with van der Waals surface area (Å²) in [5.41, 5.74) is 0. The summed E-state index contributed by atoms with van der Waals surface area (Å²) < 4.78 is 23.7. The summed E-state index contributed by atoms with van der Waals surface area (Å²) in [6, 6.07) is -0.760. The molecule has 0 aliphatic rings. The lowest BCUT2D eigenvalue weighted by atomic mass is 10.0. The van der Waals surface area contributed by atoms with Crippen LogP contribution in [0.4, 0.5) is 0 Å². The summed E-state index contributed by atoms with van der Waals surface area (Å²) >= 11 is 0. The van der Waals surface area contributed by atoms with E-state index in [-0.39, 0.29) is 19.1 Å². The number of allylic oxidation sites excluding steroid dienone is 2. The van der Waals surface area contributed by atoms with Crippen LogP contribution in [0.3, 0.4) is 0 Å². The van der Waals surface area contributed by atoms with Crippen LogP contribution < -0.4 is 5.32 Å². The molecule has 3 atom stereocenters. The van der Waals surface area contributed by atoms with Gasteiger partial charge in [0.25, 0.3) is 0 Å². The fraction of sp³-hybridized carbons (Fsp3) is 0.943. The number of carbonyl (C=O) groups excluding carboxylic acids is 1. The summed E-state index contributed by atoms with van der Waals surface area (Å²) in [6.07, 6.45) is 53.9. The standard InChI is InChI=1S/C53H107N2O6P/c1-6-8-10-12-14-16-18-20-22-24-26-27-29-31-33-35-37-39-41-43-45-47-53(57)54-51(50-61-62(58,59)60-49-48-55(3,4)5)52(56)46-44-42-40-38-36-34-32-30-28-25-23-21-19-17-15-13-11-9-7-2/h27,29,51-52,56H,6-26,28,30-50H2,1-5H3,(H-,54,57,58,59)/p+1/b29-27-. The van der Waals surface area contributed by atoms with Crippen LogP contribution in [0.2, 0.25) is 0 Å². The molecule has 0 heterocycles. The van der Waals surface area contributed by atoms with Crippen LogP contribution in [-0.2, 0) is 18.4 Å². The first-order valence-electron chi connectivity index (χ1n) is 27.1. The number of phosphoric ester groups is 1. The molecule has 0 aromatic heterocycles. The molecule has 0 radical (unpaired) electrons. The first-order valence-corrected chi connectivity index (χ1v) is 28.5. The fourth-order valence-corrected chi connectivity index (χ4v) is 8.96. The molecule has 0 bridgehead atoms. The molecule has 9 heteroatoms. The number of unbranched alkanes of at least 4 members (excludes halogenated alkanes) is 35. The highest BCUT2D eigenvalue weighted by atomic mass is 31.2. The Labute approximate surface area is 386 Å². The Morgan fingerprint density at radius 3 is 1.24 bits per heavy atom. The molecule has 0 saturated heterocycles. The number of nitrogens with zero attached hydrogens (tertiary/aromatic N) is 1. The van der Waals surface area contributed by atoms with E-state index < -0.39 is 20.0 Å². The summed E-state index contributed by atoms with van der Waals surface area (Å²) in [5, 5.41) is 14.0. The maximum Gasteiger partial charge on any atom is 0.472 e. The number of quaternary nitrogens is 1. The maximum atomic E-state index is 13.0. The Balaban J connectivity index is 4.21. The minimum atomic E-state index is -4.32. The lowest BCUT2D eigenvalue weighted by molar-refractivity contribution is -0.870. The van der Waals surface area contributed by atoms with Crippen molar-refractivity contribution in [2.75, 3.05) is 40.9 Å². The predicted octanol–water partition coefficient (Wildman–Crippen LogP) is 15.9. The Bertz CT molecular complexity index is 1020. The number of aliphatic hydroxyl groups is 1. The minimum Gasteiger partial charge on any atom is -0.391 e. The molecule has 0 fully saturated rings. The highest BCUT2D eigenvalue weighted by molar-refractivity contribution is 7.47. The molecule has 3 unspecified atom stereocenters. The van der Waals surface area contributed by atoms with Crippen molar-refractivity contribution < 1.29 is 32.9 Å². The summed E-state index contributed by atoms with van der Waals surface area (Å²) in [6.45, 7) is 4.92. The van der Waals surface area contributed by atoms with Gasteiger partial charge in [-0.25, -0.2) is 4.57 Å². The molecule has 0 spiro atoms. The second-order valence-electron chi connectivity index (χ2n) is 20.0. The van der Waals surface area contributed by atoms with E-state index in [1.807, 2.05) is 21.1 Å². The second kappa shape index (κ2) is 45.4. The van der Waals surface area contributed by atoms with Gasteiger partial charge in [-0.2, -0.15) is 0 Å². The number of phosphoric acid groups is 1. The molecule has 8 nitrogen and oxygen atoms in total. The number of aliphatic hydroxyl groups excluding tert-OH is 1. The van der Waals surface area contributed by atoms with E-state index in [4.69, 9.17) is 9.05 Å². The normalized spacial score (nSPS) is 14.1. The summed E-state index contributed by atoms with van der Waals surface area (Å²) in [4.78, 5) is 23.3. The molecule has 1 amide bonds. The van der Waals surface area contributed by atoms with Crippen molar-refractivity contribution >= 4 is 13.7 Å². The number of likely N-dealkylation sites (N-methyl/N-ethyl adjacent to an activating group) is 1. The van der Waals surface area contributed by atoms with Crippen LogP contribution in [0.25, 0.3) is 0 Å². The number of rotatable bonds is 50. The number of hydrogen-bond acceptors (Lipinski definition) is 5. The van der Waals surface area contributed by atoms with Crippen LogP contribution in [-0.4, -0.2) is 73.4 Å². The second-order valence-corrected chi connectivity index (χ2v) is 21.4. The molecule has 0 aliphatic heterocycles. The lowest BCUT2D eigenvalue weighted by Crippen LogP contribution is -2.46. The van der Waals surface area contributed by atoms with Crippen LogP contribution in [0.5, 0.6) is 0 Å². The van der Waals surface area contributed by atoms with Gasteiger partial charge in [0.05, 0.1) is 39.9 Å². The Morgan fingerprint density at radius 1 is 0.532 bits per heavy atom. The molecule has 0 aromatic carbocycles. The van der Waals surface area contributed by atoms with Crippen molar-refractivity contribution in [2.45, 2.75) is 283 Å². The van der Waals surface area contributed by atoms with E-state index in [1.54, 1.807) is 0 Å². The van der Waals surface area contributed by atoms with Crippen LogP contribution in [0, 0.1) is 0 Å². The molecule has 0 aliphatic carbocycles. The predicted molar refractivity (Wildman–Crippen MR) is 268 cm³/mol. The SMILES string of the molecule is CCCCCCCCCCCC/C=C\CCCCCCCCCC(=O)NC(COP(=O)(O)OCC[N+](C)(C)C)C(O)CCCCCCCCCCCCCCCCCCCCC. The van der Waals surface area contributed by atoms with E-state index in [0.29, 0.717) is 23.9 Å². The van der Waals surface area contributed by atoms with Crippen LogP contribution >= 0.6 is 7.82 Å². The first kappa shape index (κ1) is 61.2. The van der Waals surface area contributed by atoms with E-state index in [1.165, 1.54) is 205 Å². The number of hydrogen-bond donors (Lipinski definition) is 3. The van der Waals surface area contributed by atoms with E-state index in [9.17, 15) is 19.4 Å². The van der Waals surface area contributed by atoms with Gasteiger partial charge in [0.15, 0.2) is 0 Å². The van der Waals surface area contributed by atoms with E-state index in [0.717, 1.165) is 38.5 Å². The zero-order valence-corrected chi connectivity index (χ0v) is 43.0. The molecular formula is C53H108N2O6P+. The molecular weight excluding hydrogens is 792 g/mol. The van der Waals surface area contributed by atoms with Gasteiger partial charge in [-0.3, -0.25) is 13.8 Å². The Kier molecular flexibility index (Phi) is 44.8. The van der Waals surface area contributed by atoms with Gasteiger partial charge in [-0.05, 0) is 38.5 Å². The lowest BCUT2D eigenvalue weighted by Gasteiger charge is -2.26. The zero-order valence-electron chi connectivity index (χ0n) is 42.1.